The molecule has 1 N–H and O–H groups in total. The number of rotatable bonds is 3. The van der Waals surface area contributed by atoms with E-state index in [1.807, 2.05) is 6.92 Å². The fourth-order valence-electron chi connectivity index (χ4n) is 2.00. The average Bonchev–Trinajstić information content (AvgIpc) is 2.27. The summed E-state index contributed by atoms with van der Waals surface area (Å²) in [5.41, 5.74) is -0.587. The molecule has 2 rings (SSSR count). The van der Waals surface area contributed by atoms with Gasteiger partial charge in [-0.25, -0.2) is 17.5 Å². The fourth-order valence-corrected chi connectivity index (χ4v) is 3.86. The van der Waals surface area contributed by atoms with E-state index in [9.17, 15) is 12.8 Å². The Hall–Kier alpha value is -0.500. The van der Waals surface area contributed by atoms with E-state index in [1.165, 1.54) is 12.1 Å². The molecule has 4 nitrogen and oxygen atoms in total. The zero-order valence-electron chi connectivity index (χ0n) is 10.4. The number of nitrogens with one attached hydrogen (secondary N) is 1. The molecule has 0 aromatic heterocycles. The van der Waals surface area contributed by atoms with Crippen molar-refractivity contribution >= 4 is 26.0 Å². The second-order valence-corrected chi connectivity index (χ2v) is 7.42. The summed E-state index contributed by atoms with van der Waals surface area (Å²) in [5, 5.41) is 0. The Bertz CT molecular complexity index is 570. The minimum Gasteiger partial charge on any atom is -0.381 e. The second kappa shape index (κ2) is 5.47. The normalized spacial score (nSPS) is 19.3. The van der Waals surface area contributed by atoms with E-state index in [-0.39, 0.29) is 4.90 Å². The molecule has 1 aliphatic heterocycles. The molecule has 0 atom stereocenters. The highest BCUT2D eigenvalue weighted by Gasteiger charge is 2.33. The van der Waals surface area contributed by atoms with Crippen LogP contribution in [-0.4, -0.2) is 27.2 Å². The summed E-state index contributed by atoms with van der Waals surface area (Å²) in [6, 6.07) is 3.90. The third kappa shape index (κ3) is 3.53. The third-order valence-electron chi connectivity index (χ3n) is 3.16. The molecule has 106 valence electrons. The van der Waals surface area contributed by atoms with Crippen molar-refractivity contribution in [2.45, 2.75) is 30.2 Å². The number of ether oxygens (including phenoxy) is 1. The molecule has 0 spiro atoms. The molecule has 0 radical (unpaired) electrons. The minimum absolute atomic E-state index is 0.330. The quantitative estimate of drug-likeness (QED) is 0.909. The monoisotopic (exact) mass is 351 g/mol. The number of sulfonamides is 1. The highest BCUT2D eigenvalue weighted by molar-refractivity contribution is 9.10. The molecule has 0 bridgehead atoms. The predicted molar refractivity (Wildman–Crippen MR) is 72.9 cm³/mol. The minimum atomic E-state index is -3.87. The first-order valence-electron chi connectivity index (χ1n) is 5.89. The van der Waals surface area contributed by atoms with Crippen molar-refractivity contribution in [3.05, 3.63) is 28.5 Å². The van der Waals surface area contributed by atoms with E-state index in [0.717, 1.165) is 6.07 Å². The van der Waals surface area contributed by atoms with E-state index >= 15 is 0 Å². The van der Waals surface area contributed by atoms with Crippen LogP contribution in [0.1, 0.15) is 19.8 Å². The maximum Gasteiger partial charge on any atom is 0.243 e. The highest BCUT2D eigenvalue weighted by atomic mass is 79.9. The molecular weight excluding hydrogens is 337 g/mol. The van der Waals surface area contributed by atoms with Crippen LogP contribution in [0.4, 0.5) is 4.39 Å². The van der Waals surface area contributed by atoms with Gasteiger partial charge in [-0.3, -0.25) is 0 Å². The van der Waals surface area contributed by atoms with E-state index in [2.05, 4.69) is 20.7 Å². The van der Waals surface area contributed by atoms with E-state index in [1.54, 1.807) is 0 Å². The van der Waals surface area contributed by atoms with Crippen LogP contribution in [0.3, 0.4) is 0 Å². The van der Waals surface area contributed by atoms with Crippen LogP contribution in [0.5, 0.6) is 0 Å². The van der Waals surface area contributed by atoms with Gasteiger partial charge in [0.2, 0.25) is 10.0 Å². The van der Waals surface area contributed by atoms with Gasteiger partial charge in [0.15, 0.2) is 0 Å². The van der Waals surface area contributed by atoms with Crippen LogP contribution in [0, 0.1) is 5.82 Å². The van der Waals surface area contributed by atoms with Gasteiger partial charge in [0.25, 0.3) is 0 Å². The van der Waals surface area contributed by atoms with Crippen molar-refractivity contribution in [2.75, 3.05) is 13.2 Å². The number of benzene rings is 1. The summed E-state index contributed by atoms with van der Waals surface area (Å²) >= 11 is 3.10. The summed E-state index contributed by atoms with van der Waals surface area (Å²) < 4.78 is 46.5. The molecule has 0 unspecified atom stereocenters. The van der Waals surface area contributed by atoms with Crippen LogP contribution in [0.15, 0.2) is 27.6 Å². The molecule has 1 saturated heterocycles. The van der Waals surface area contributed by atoms with Gasteiger partial charge in [-0.05, 0) is 38.0 Å². The smallest absolute Gasteiger partial charge is 0.243 e. The zero-order valence-corrected chi connectivity index (χ0v) is 12.9. The Morgan fingerprint density at radius 3 is 2.58 bits per heavy atom. The summed E-state index contributed by atoms with van der Waals surface area (Å²) in [6.45, 7) is 2.81. The van der Waals surface area contributed by atoms with Gasteiger partial charge in [-0.2, -0.15) is 0 Å². The van der Waals surface area contributed by atoms with Gasteiger partial charge in [0.1, 0.15) is 10.7 Å². The SMILES string of the molecule is CC1(NS(=O)(=O)c2ccc(Br)cc2F)CCOCC1. The Morgan fingerprint density at radius 1 is 1.37 bits per heavy atom. The average molecular weight is 352 g/mol. The summed E-state index contributed by atoms with van der Waals surface area (Å²) in [6.07, 6.45) is 1.15. The number of halogens is 2. The first-order valence-corrected chi connectivity index (χ1v) is 8.17. The van der Waals surface area contributed by atoms with Gasteiger partial charge in [0.05, 0.1) is 0 Å². The molecule has 1 heterocycles. The Morgan fingerprint density at radius 2 is 2.00 bits per heavy atom. The van der Waals surface area contributed by atoms with Crippen molar-refractivity contribution < 1.29 is 17.5 Å². The molecule has 19 heavy (non-hydrogen) atoms. The van der Waals surface area contributed by atoms with Crippen LogP contribution in [0.2, 0.25) is 0 Å². The van der Waals surface area contributed by atoms with Crippen molar-refractivity contribution in [1.29, 1.82) is 0 Å². The largest absolute Gasteiger partial charge is 0.381 e. The van der Waals surface area contributed by atoms with E-state index in [0.29, 0.717) is 30.5 Å². The van der Waals surface area contributed by atoms with E-state index < -0.39 is 21.4 Å². The van der Waals surface area contributed by atoms with Crippen LogP contribution < -0.4 is 4.72 Å². The zero-order chi connectivity index (χ0) is 14.1. The maximum absolute atomic E-state index is 13.8. The summed E-state index contributed by atoms with van der Waals surface area (Å²) in [4.78, 5) is -0.330. The molecule has 0 aliphatic carbocycles. The van der Waals surface area contributed by atoms with Crippen LogP contribution in [-0.2, 0) is 14.8 Å². The van der Waals surface area contributed by atoms with Gasteiger partial charge in [-0.1, -0.05) is 15.9 Å². The van der Waals surface area contributed by atoms with E-state index in [4.69, 9.17) is 4.74 Å². The molecule has 1 aromatic rings. The van der Waals surface area contributed by atoms with Gasteiger partial charge in [0, 0.05) is 23.2 Å². The van der Waals surface area contributed by atoms with Gasteiger partial charge < -0.3 is 4.74 Å². The second-order valence-electron chi connectivity index (χ2n) is 4.85. The van der Waals surface area contributed by atoms with Crippen LogP contribution in [0.25, 0.3) is 0 Å². The van der Waals surface area contributed by atoms with Crippen molar-refractivity contribution in [3.8, 4) is 0 Å². The lowest BCUT2D eigenvalue weighted by Gasteiger charge is -2.34. The lowest BCUT2D eigenvalue weighted by Crippen LogP contribution is -2.49. The lowest BCUT2D eigenvalue weighted by molar-refractivity contribution is 0.0537. The van der Waals surface area contributed by atoms with Crippen LogP contribution >= 0.6 is 15.9 Å². The fraction of sp³-hybridized carbons (Fsp3) is 0.500. The molecule has 1 aliphatic rings. The topological polar surface area (TPSA) is 55.4 Å². The predicted octanol–water partition coefficient (Wildman–Crippen LogP) is 2.44. The molecule has 1 fully saturated rings. The standard InChI is InChI=1S/C12H15BrFNO3S/c1-12(4-6-18-7-5-12)15-19(16,17)11-3-2-9(13)8-10(11)14/h2-3,8,15H,4-7H2,1H3. The number of hydrogen-bond donors (Lipinski definition) is 1. The third-order valence-corrected chi connectivity index (χ3v) is 5.33. The van der Waals surface area contributed by atoms with Gasteiger partial charge in [-0.15, -0.1) is 0 Å². The summed E-state index contributed by atoms with van der Waals surface area (Å²) in [5.74, 6) is -0.766. The Balaban J connectivity index is 2.27. The van der Waals surface area contributed by atoms with Crippen molar-refractivity contribution in [3.63, 3.8) is 0 Å². The van der Waals surface area contributed by atoms with Crippen molar-refractivity contribution in [2.24, 2.45) is 0 Å². The molecule has 0 saturated carbocycles. The Kier molecular flexibility index (Phi) is 4.29. The Labute approximate surface area is 120 Å². The molecular formula is C12H15BrFNO3S. The first-order chi connectivity index (χ1) is 8.82. The molecule has 1 aromatic carbocycles. The molecule has 7 heteroatoms. The first kappa shape index (κ1) is 14.9. The van der Waals surface area contributed by atoms with Crippen molar-refractivity contribution in [1.82, 2.24) is 4.72 Å². The summed E-state index contributed by atoms with van der Waals surface area (Å²) in [7, 11) is -3.87. The maximum atomic E-state index is 13.8. The highest BCUT2D eigenvalue weighted by Crippen LogP contribution is 2.25. The van der Waals surface area contributed by atoms with Gasteiger partial charge >= 0.3 is 0 Å². The number of hydrogen-bond acceptors (Lipinski definition) is 3. The molecule has 0 amide bonds. The lowest BCUT2D eigenvalue weighted by atomic mass is 9.94.